The molecule has 0 radical (unpaired) electrons. The average Bonchev–Trinajstić information content (AvgIpc) is 2.74. The number of aryl methyl sites for hydroxylation is 1. The number of aliphatic hydroxyl groups is 1. The minimum Gasteiger partial charge on any atom is -0.487 e. The maximum Gasteiger partial charge on any atom is 0.266 e. The van der Waals surface area contributed by atoms with Crippen LogP contribution in [0.15, 0.2) is 45.7 Å². The van der Waals surface area contributed by atoms with E-state index in [2.05, 4.69) is 26.2 Å². The lowest BCUT2D eigenvalue weighted by atomic mass is 9.87. The summed E-state index contributed by atoms with van der Waals surface area (Å²) < 4.78 is 33.4. The molecule has 0 aliphatic rings. The molecule has 0 fully saturated rings. The number of pyridine rings is 1. The number of carbonyl (C=O) groups excluding carboxylic acids is 1. The minimum atomic E-state index is -1.30. The molecule has 0 saturated heterocycles. The van der Waals surface area contributed by atoms with Crippen molar-refractivity contribution in [3.05, 3.63) is 85.2 Å². The van der Waals surface area contributed by atoms with E-state index >= 15 is 0 Å². The summed E-state index contributed by atoms with van der Waals surface area (Å²) in [6, 6.07) is 7.91. The fraction of sp³-hybridized carbons (Fsp3) is 0.250. The first-order chi connectivity index (χ1) is 15.4. The van der Waals surface area contributed by atoms with Crippen molar-refractivity contribution < 1.29 is 23.4 Å². The zero-order chi connectivity index (χ0) is 24.5. The first kappa shape index (κ1) is 24.6. The van der Waals surface area contributed by atoms with Crippen LogP contribution >= 0.6 is 15.9 Å². The van der Waals surface area contributed by atoms with E-state index in [0.29, 0.717) is 27.9 Å². The van der Waals surface area contributed by atoms with Gasteiger partial charge in [-0.2, -0.15) is 0 Å². The van der Waals surface area contributed by atoms with Crippen molar-refractivity contribution >= 4 is 21.8 Å². The van der Waals surface area contributed by atoms with Gasteiger partial charge in [0.1, 0.15) is 28.5 Å². The van der Waals surface area contributed by atoms with Crippen LogP contribution in [-0.2, 0) is 12.2 Å². The van der Waals surface area contributed by atoms with E-state index in [0.717, 1.165) is 12.1 Å². The molecule has 6 nitrogen and oxygen atoms in total. The van der Waals surface area contributed by atoms with Gasteiger partial charge in [-0.15, -0.1) is 0 Å². The van der Waals surface area contributed by atoms with Crippen LogP contribution in [0.1, 0.15) is 41.0 Å². The molecule has 0 saturated carbocycles. The number of aromatic nitrogens is 1. The van der Waals surface area contributed by atoms with Crippen LogP contribution in [-0.4, -0.2) is 23.0 Å². The van der Waals surface area contributed by atoms with Crippen molar-refractivity contribution in [2.75, 3.05) is 7.05 Å². The monoisotopic (exact) mass is 520 g/mol. The fourth-order valence-electron chi connectivity index (χ4n) is 3.49. The van der Waals surface area contributed by atoms with E-state index in [1.54, 1.807) is 39.0 Å². The smallest absolute Gasteiger partial charge is 0.266 e. The molecule has 9 heteroatoms. The van der Waals surface area contributed by atoms with Gasteiger partial charge in [0.05, 0.1) is 5.60 Å². The summed E-state index contributed by atoms with van der Waals surface area (Å²) in [7, 11) is 1.50. The lowest BCUT2D eigenvalue weighted by Crippen LogP contribution is -2.21. The largest absolute Gasteiger partial charge is 0.487 e. The number of amides is 1. The van der Waals surface area contributed by atoms with Crippen molar-refractivity contribution in [3.8, 4) is 16.9 Å². The lowest BCUT2D eigenvalue weighted by molar-refractivity contribution is 0.0790. The summed E-state index contributed by atoms with van der Waals surface area (Å²) in [6.07, 6.45) is 0. The SMILES string of the molecule is CNC(=O)c1ccc(C(C)(C)O)c(-c2c(C)[nH]c(=O)c(Br)c2OCc2ccc(F)cc2F)c1. The minimum absolute atomic E-state index is 0.0534. The van der Waals surface area contributed by atoms with Crippen LogP contribution in [0, 0.1) is 18.6 Å². The third kappa shape index (κ3) is 5.15. The van der Waals surface area contributed by atoms with Gasteiger partial charge < -0.3 is 20.1 Å². The Morgan fingerprint density at radius 1 is 1.21 bits per heavy atom. The molecule has 3 aromatic rings. The van der Waals surface area contributed by atoms with E-state index in [4.69, 9.17) is 4.74 Å². The van der Waals surface area contributed by atoms with Crippen molar-refractivity contribution in [3.63, 3.8) is 0 Å². The zero-order valence-electron chi connectivity index (χ0n) is 18.5. The molecule has 174 valence electrons. The van der Waals surface area contributed by atoms with Crippen molar-refractivity contribution in [2.45, 2.75) is 33.0 Å². The summed E-state index contributed by atoms with van der Waals surface area (Å²) in [5.74, 6) is -1.74. The highest BCUT2D eigenvalue weighted by Crippen LogP contribution is 2.41. The van der Waals surface area contributed by atoms with Crippen LogP contribution in [0.2, 0.25) is 0 Å². The molecule has 1 amide bonds. The van der Waals surface area contributed by atoms with Gasteiger partial charge in [-0.1, -0.05) is 6.07 Å². The number of halogens is 3. The topological polar surface area (TPSA) is 91.4 Å². The van der Waals surface area contributed by atoms with Crippen molar-refractivity contribution in [2.24, 2.45) is 0 Å². The number of carbonyl (C=O) groups is 1. The number of H-pyrrole nitrogens is 1. The number of hydrogen-bond donors (Lipinski definition) is 3. The van der Waals surface area contributed by atoms with Crippen molar-refractivity contribution in [1.82, 2.24) is 10.3 Å². The highest BCUT2D eigenvalue weighted by atomic mass is 79.9. The van der Waals surface area contributed by atoms with Gasteiger partial charge in [0.25, 0.3) is 11.5 Å². The maximum atomic E-state index is 14.2. The maximum absolute atomic E-state index is 14.2. The van der Waals surface area contributed by atoms with Gasteiger partial charge >= 0.3 is 0 Å². The molecule has 0 aliphatic carbocycles. The molecule has 33 heavy (non-hydrogen) atoms. The fourth-order valence-corrected chi connectivity index (χ4v) is 3.90. The number of benzene rings is 2. The normalized spacial score (nSPS) is 11.4. The Bertz CT molecular complexity index is 1280. The summed E-state index contributed by atoms with van der Waals surface area (Å²) in [6.45, 7) is 4.55. The van der Waals surface area contributed by atoms with E-state index in [1.807, 2.05) is 0 Å². The van der Waals surface area contributed by atoms with Crippen LogP contribution < -0.4 is 15.6 Å². The Hall–Kier alpha value is -3.04. The van der Waals surface area contributed by atoms with Gasteiger partial charge in [0.2, 0.25) is 0 Å². The standard InChI is InChI=1S/C24H23BrF2N2O4/c1-12-19(16-9-13(22(30)28-4)6-8-17(16)24(2,3)32)21(20(25)23(31)29-12)33-11-14-5-7-15(26)10-18(14)27/h5-10,32H,11H2,1-4H3,(H,28,30)(H,29,31). The van der Waals surface area contributed by atoms with E-state index in [1.165, 1.54) is 13.1 Å². The summed E-state index contributed by atoms with van der Waals surface area (Å²) in [4.78, 5) is 27.4. The Morgan fingerprint density at radius 2 is 1.91 bits per heavy atom. The predicted octanol–water partition coefficient (Wildman–Crippen LogP) is 4.56. The molecule has 3 rings (SSSR count). The number of aromatic amines is 1. The molecule has 0 aliphatic heterocycles. The third-order valence-electron chi connectivity index (χ3n) is 5.13. The second kappa shape index (κ2) is 9.44. The molecule has 1 heterocycles. The first-order valence-corrected chi connectivity index (χ1v) is 10.8. The predicted molar refractivity (Wildman–Crippen MR) is 124 cm³/mol. The van der Waals surface area contributed by atoms with Gasteiger partial charge in [-0.3, -0.25) is 9.59 Å². The van der Waals surface area contributed by atoms with Crippen LogP contribution in [0.5, 0.6) is 5.75 Å². The number of rotatable bonds is 6. The number of ether oxygens (including phenoxy) is 1. The lowest BCUT2D eigenvalue weighted by Gasteiger charge is -2.25. The van der Waals surface area contributed by atoms with Crippen LogP contribution in [0.3, 0.4) is 0 Å². The number of nitrogens with one attached hydrogen (secondary N) is 2. The van der Waals surface area contributed by atoms with Gasteiger partial charge in [-0.05, 0) is 72.1 Å². The van der Waals surface area contributed by atoms with E-state index < -0.39 is 22.8 Å². The number of hydrogen-bond acceptors (Lipinski definition) is 4. The Kier molecular flexibility index (Phi) is 7.04. The summed E-state index contributed by atoms with van der Waals surface area (Å²) >= 11 is 3.24. The summed E-state index contributed by atoms with van der Waals surface area (Å²) in [5, 5.41) is 13.3. The second-order valence-electron chi connectivity index (χ2n) is 8.02. The second-order valence-corrected chi connectivity index (χ2v) is 8.81. The molecule has 0 bridgehead atoms. The van der Waals surface area contributed by atoms with E-state index in [-0.39, 0.29) is 28.3 Å². The summed E-state index contributed by atoms with van der Waals surface area (Å²) in [5.41, 5.74) is 0.406. The molecule has 0 spiro atoms. The highest BCUT2D eigenvalue weighted by Gasteiger charge is 2.27. The van der Waals surface area contributed by atoms with Crippen molar-refractivity contribution in [1.29, 1.82) is 0 Å². The molecule has 1 aromatic heterocycles. The third-order valence-corrected chi connectivity index (χ3v) is 5.85. The molecule has 0 atom stereocenters. The molecular weight excluding hydrogens is 498 g/mol. The first-order valence-electron chi connectivity index (χ1n) is 10.0. The van der Waals surface area contributed by atoms with E-state index in [9.17, 15) is 23.5 Å². The van der Waals surface area contributed by atoms with Crippen LogP contribution in [0.4, 0.5) is 8.78 Å². The van der Waals surface area contributed by atoms with Gasteiger partial charge in [0.15, 0.2) is 0 Å². The Labute approximate surface area is 197 Å². The van der Waals surface area contributed by atoms with Gasteiger partial charge in [-0.25, -0.2) is 8.78 Å². The van der Waals surface area contributed by atoms with Crippen LogP contribution in [0.25, 0.3) is 11.1 Å². The average molecular weight is 521 g/mol. The van der Waals surface area contributed by atoms with Gasteiger partial charge in [0, 0.05) is 35.5 Å². The Balaban J connectivity index is 2.24. The molecule has 3 N–H and O–H groups in total. The molecular formula is C24H23BrF2N2O4. The quantitative estimate of drug-likeness (QED) is 0.444. The highest BCUT2D eigenvalue weighted by molar-refractivity contribution is 9.10. The Morgan fingerprint density at radius 3 is 2.52 bits per heavy atom. The molecule has 2 aromatic carbocycles. The molecule has 0 unspecified atom stereocenters. The zero-order valence-corrected chi connectivity index (χ0v) is 20.1.